The minimum absolute atomic E-state index is 0.0262. The topological polar surface area (TPSA) is 56.6 Å². The van der Waals surface area contributed by atoms with E-state index in [1.807, 2.05) is 17.3 Å². The van der Waals surface area contributed by atoms with Crippen LogP contribution < -0.4 is 9.47 Å². The van der Waals surface area contributed by atoms with Gasteiger partial charge in [-0.3, -0.25) is 4.79 Å². The van der Waals surface area contributed by atoms with E-state index in [0.29, 0.717) is 29.6 Å². The van der Waals surface area contributed by atoms with E-state index in [0.717, 1.165) is 25.2 Å². The molecule has 1 atom stereocenters. The number of aromatic nitrogens is 2. The molecule has 1 aliphatic rings. The molecule has 6 heteroatoms. The molecule has 0 N–H and O–H groups in total. The van der Waals surface area contributed by atoms with Crippen LogP contribution in [0.15, 0.2) is 30.6 Å². The third kappa shape index (κ3) is 3.54. The highest BCUT2D eigenvalue weighted by Gasteiger charge is 2.28. The number of imidazole rings is 1. The Labute approximate surface area is 154 Å². The second-order valence-corrected chi connectivity index (χ2v) is 6.95. The highest BCUT2D eigenvalue weighted by molar-refractivity contribution is 5.95. The third-order valence-corrected chi connectivity index (χ3v) is 4.96. The largest absolute Gasteiger partial charge is 0.493 e. The number of nitrogens with zero attached hydrogens (tertiary/aromatic N) is 3. The number of rotatable bonds is 5. The van der Waals surface area contributed by atoms with E-state index < -0.39 is 0 Å². The predicted molar refractivity (Wildman–Crippen MR) is 100 cm³/mol. The fraction of sp³-hybridized carbons (Fsp3) is 0.500. The summed E-state index contributed by atoms with van der Waals surface area (Å²) in [5.41, 5.74) is 0.621. The Morgan fingerprint density at radius 2 is 2.00 bits per heavy atom. The number of piperidine rings is 1. The van der Waals surface area contributed by atoms with Crippen molar-refractivity contribution in [2.24, 2.45) is 0 Å². The number of carbonyl (C=O) groups excluding carboxylic acids is 1. The average molecular weight is 357 g/mol. The molecule has 6 nitrogen and oxygen atoms in total. The van der Waals surface area contributed by atoms with Gasteiger partial charge in [0.25, 0.3) is 5.91 Å². The summed E-state index contributed by atoms with van der Waals surface area (Å²) in [4.78, 5) is 19.5. The Morgan fingerprint density at radius 1 is 1.23 bits per heavy atom. The monoisotopic (exact) mass is 357 g/mol. The van der Waals surface area contributed by atoms with Crippen LogP contribution in [0.2, 0.25) is 0 Å². The van der Waals surface area contributed by atoms with Crippen LogP contribution in [-0.4, -0.2) is 47.7 Å². The van der Waals surface area contributed by atoms with Gasteiger partial charge >= 0.3 is 0 Å². The lowest BCUT2D eigenvalue weighted by Crippen LogP contribution is -2.39. The van der Waals surface area contributed by atoms with Crippen molar-refractivity contribution in [3.05, 3.63) is 42.0 Å². The van der Waals surface area contributed by atoms with Crippen molar-refractivity contribution < 1.29 is 14.3 Å². The van der Waals surface area contributed by atoms with Gasteiger partial charge in [-0.25, -0.2) is 4.98 Å². The van der Waals surface area contributed by atoms with Crippen LogP contribution in [-0.2, 0) is 0 Å². The van der Waals surface area contributed by atoms with Gasteiger partial charge in [0.05, 0.1) is 14.2 Å². The maximum atomic E-state index is 13.0. The van der Waals surface area contributed by atoms with Gasteiger partial charge in [0.1, 0.15) is 5.82 Å². The van der Waals surface area contributed by atoms with E-state index >= 15 is 0 Å². The number of likely N-dealkylation sites (tertiary alicyclic amines) is 1. The number of amides is 1. The first-order valence-electron chi connectivity index (χ1n) is 9.09. The van der Waals surface area contributed by atoms with E-state index in [9.17, 15) is 4.79 Å². The van der Waals surface area contributed by atoms with E-state index in [1.54, 1.807) is 32.4 Å². The average Bonchev–Trinajstić information content (AvgIpc) is 3.17. The molecule has 0 spiro atoms. The summed E-state index contributed by atoms with van der Waals surface area (Å²) in [6.45, 7) is 5.77. The summed E-state index contributed by atoms with van der Waals surface area (Å²) in [5.74, 6) is 2.56. The van der Waals surface area contributed by atoms with Crippen molar-refractivity contribution in [1.82, 2.24) is 14.5 Å². The quantitative estimate of drug-likeness (QED) is 0.822. The highest BCUT2D eigenvalue weighted by atomic mass is 16.5. The van der Waals surface area contributed by atoms with E-state index in [2.05, 4.69) is 23.4 Å². The predicted octanol–water partition coefficient (Wildman–Crippen LogP) is 3.50. The zero-order valence-electron chi connectivity index (χ0n) is 15.9. The van der Waals surface area contributed by atoms with E-state index in [4.69, 9.17) is 9.47 Å². The number of carbonyl (C=O) groups is 1. The number of hydrogen-bond donors (Lipinski definition) is 0. The van der Waals surface area contributed by atoms with Gasteiger partial charge in [-0.05, 0) is 44.9 Å². The van der Waals surface area contributed by atoms with Gasteiger partial charge in [0, 0.05) is 43.0 Å². The van der Waals surface area contributed by atoms with Gasteiger partial charge in [0.15, 0.2) is 11.5 Å². The molecule has 1 aromatic carbocycles. The second kappa shape index (κ2) is 7.81. The first-order chi connectivity index (χ1) is 12.5. The molecular formula is C20H27N3O3. The molecule has 1 amide bonds. The Kier molecular flexibility index (Phi) is 5.49. The zero-order chi connectivity index (χ0) is 18.7. The molecule has 3 rings (SSSR count). The number of benzene rings is 1. The lowest BCUT2D eigenvalue weighted by molar-refractivity contribution is 0.0702. The van der Waals surface area contributed by atoms with Crippen LogP contribution in [0.1, 0.15) is 54.8 Å². The van der Waals surface area contributed by atoms with Crippen LogP contribution in [0, 0.1) is 0 Å². The zero-order valence-corrected chi connectivity index (χ0v) is 15.9. The van der Waals surface area contributed by atoms with E-state index in [-0.39, 0.29) is 11.8 Å². The van der Waals surface area contributed by atoms with Crippen LogP contribution in [0.3, 0.4) is 0 Å². The van der Waals surface area contributed by atoms with Crippen molar-refractivity contribution >= 4 is 5.91 Å². The molecule has 0 aliphatic carbocycles. The molecule has 2 aromatic rings. The van der Waals surface area contributed by atoms with Crippen LogP contribution in [0.5, 0.6) is 11.5 Å². The smallest absolute Gasteiger partial charge is 0.254 e. The summed E-state index contributed by atoms with van der Waals surface area (Å²) in [6.07, 6.45) is 5.91. The molecular weight excluding hydrogens is 330 g/mol. The van der Waals surface area contributed by atoms with Crippen LogP contribution in [0.25, 0.3) is 0 Å². The van der Waals surface area contributed by atoms with E-state index in [1.165, 1.54) is 0 Å². The third-order valence-electron chi connectivity index (χ3n) is 4.96. The molecule has 1 saturated heterocycles. The normalized spacial score (nSPS) is 17.4. The minimum atomic E-state index is 0.0262. The van der Waals surface area contributed by atoms with Crippen molar-refractivity contribution in [2.45, 2.75) is 38.6 Å². The Balaban J connectivity index is 1.79. The molecule has 0 bridgehead atoms. The lowest BCUT2D eigenvalue weighted by Gasteiger charge is -2.33. The van der Waals surface area contributed by atoms with Crippen molar-refractivity contribution in [3.8, 4) is 11.5 Å². The fourth-order valence-corrected chi connectivity index (χ4v) is 3.60. The van der Waals surface area contributed by atoms with Crippen LogP contribution >= 0.6 is 0 Å². The summed E-state index contributed by atoms with van der Waals surface area (Å²) < 4.78 is 12.8. The Morgan fingerprint density at radius 3 is 2.69 bits per heavy atom. The molecule has 1 aromatic heterocycles. The number of methoxy groups -OCH3 is 2. The van der Waals surface area contributed by atoms with Crippen molar-refractivity contribution in [2.75, 3.05) is 27.3 Å². The molecule has 1 unspecified atom stereocenters. The summed E-state index contributed by atoms with van der Waals surface area (Å²) >= 11 is 0. The Bertz CT molecular complexity index is 769. The maximum Gasteiger partial charge on any atom is 0.254 e. The van der Waals surface area contributed by atoms with Gasteiger partial charge < -0.3 is 18.9 Å². The second-order valence-electron chi connectivity index (χ2n) is 6.95. The van der Waals surface area contributed by atoms with Gasteiger partial charge in [-0.1, -0.05) is 0 Å². The Hall–Kier alpha value is -2.50. The molecule has 0 saturated carbocycles. The molecule has 1 aliphatic heterocycles. The molecule has 1 fully saturated rings. The maximum absolute atomic E-state index is 13.0. The number of ether oxygens (including phenoxy) is 2. The SMILES string of the molecule is COc1ccc(C(=O)N2CCCC(c3nccn3C(C)C)C2)cc1OC. The van der Waals surface area contributed by atoms with Gasteiger partial charge in [-0.15, -0.1) is 0 Å². The highest BCUT2D eigenvalue weighted by Crippen LogP contribution is 2.31. The number of hydrogen-bond acceptors (Lipinski definition) is 4. The van der Waals surface area contributed by atoms with Crippen molar-refractivity contribution in [1.29, 1.82) is 0 Å². The summed E-state index contributed by atoms with van der Waals surface area (Å²) in [7, 11) is 3.17. The standard InChI is InChI=1S/C20H27N3O3/c1-14(2)23-11-9-21-19(23)16-6-5-10-22(13-16)20(24)15-7-8-17(25-3)18(12-15)26-4/h7-9,11-12,14,16H,5-6,10,13H2,1-4H3. The minimum Gasteiger partial charge on any atom is -0.493 e. The molecule has 2 heterocycles. The van der Waals surface area contributed by atoms with Crippen LogP contribution in [0.4, 0.5) is 0 Å². The first kappa shape index (κ1) is 18.3. The lowest BCUT2D eigenvalue weighted by atomic mass is 9.96. The molecule has 26 heavy (non-hydrogen) atoms. The van der Waals surface area contributed by atoms with Gasteiger partial charge in [-0.2, -0.15) is 0 Å². The molecule has 140 valence electrons. The molecule has 0 radical (unpaired) electrons. The first-order valence-corrected chi connectivity index (χ1v) is 9.09. The fourth-order valence-electron chi connectivity index (χ4n) is 3.60. The van der Waals surface area contributed by atoms with Gasteiger partial charge in [0.2, 0.25) is 0 Å². The van der Waals surface area contributed by atoms with Crippen molar-refractivity contribution in [3.63, 3.8) is 0 Å². The summed E-state index contributed by atoms with van der Waals surface area (Å²) in [5, 5.41) is 0. The summed E-state index contributed by atoms with van der Waals surface area (Å²) in [6, 6.07) is 5.69.